The fourth-order valence-corrected chi connectivity index (χ4v) is 16.2. The van der Waals surface area contributed by atoms with Crippen LogP contribution in [0.4, 0.5) is 0 Å². The highest BCUT2D eigenvalue weighted by atomic mass is 16.4. The lowest BCUT2D eigenvalue weighted by molar-refractivity contribution is 0.111. The number of aliphatic hydroxyl groups is 1. The quantitative estimate of drug-likeness (QED) is 0.0182. The van der Waals surface area contributed by atoms with Gasteiger partial charge in [0.1, 0.15) is 45.8 Å². The molecule has 666 valence electrons. The minimum Gasteiger partial charge on any atom is -0.507 e. The fourth-order valence-electron chi connectivity index (χ4n) is 16.2. The Labute approximate surface area is 729 Å². The standard InChI is InChI=1S/C16H16O4.C15H14O4.C15H16O4.C14H15NO4.C14H14O4.C13H12O4.C12H10O4/c17-9-13-14(18)8-7-11-10-5-3-1-2-4-6-12(10)16(19)20-15(11)13;16-8-12-13(17)7-6-10-9-4-2-1-3-5-11(9)15(18)19-14(10)12;1-2-3-4-5-10-8-14(18)19-15-11(10)6-7-13(17)12(15)9-16;1-15-5-4-8-9-2-3-12(17)11(7-16)13(9)19-14(18)10(8)6-15;1-2-3-4-9-7-13(17)18-14-10(9)5-6-12(16)11(14)8-15;1-2-3-8-6-12(16)17-13-9(8)4-5-11(15)10(13)7-14;1-2-7-5-11(15)16-12-8(7)3-4-10(14)9(12)6-13/h7-9,18H,1-6H2;6-8,17H,1-5H2;6-9,17H,2-5H2,1H3;2-3,16-17H,4-7H2,1H3;5-8,16H,2-4H2,1H3;4-7,15H,2-3H2,1H3;3-6,14H,2H2,1H3. The number of carbonyl (C=O) groups is 6. The number of unbranched alkanes of at least 4 members (excludes halogenated alkanes) is 3. The van der Waals surface area contributed by atoms with E-state index in [4.69, 9.17) is 30.9 Å². The zero-order valence-corrected chi connectivity index (χ0v) is 71.2. The lowest BCUT2D eigenvalue weighted by atomic mass is 9.91. The molecule has 0 amide bonds. The summed E-state index contributed by atoms with van der Waals surface area (Å²) >= 11 is 0. The highest BCUT2D eigenvalue weighted by Crippen LogP contribution is 2.38. The van der Waals surface area contributed by atoms with Gasteiger partial charge in [-0.15, -0.1) is 0 Å². The van der Waals surface area contributed by atoms with Gasteiger partial charge in [0.25, 0.3) is 0 Å². The number of nitrogens with zero attached hydrogens (tertiary/aromatic N) is 1. The monoisotopic (exact) mass is 1750 g/mol. The van der Waals surface area contributed by atoms with E-state index >= 15 is 0 Å². The Balaban J connectivity index is 0.000000145. The molecule has 0 radical (unpaired) electrons. The molecule has 2 aliphatic carbocycles. The van der Waals surface area contributed by atoms with Crippen LogP contribution in [0.2, 0.25) is 0 Å². The maximum absolute atomic E-state index is 12.2. The average molecular weight is 1750 g/mol. The van der Waals surface area contributed by atoms with Crippen molar-refractivity contribution < 1.29 is 101 Å². The number of hydrogen-bond acceptors (Lipinski definition) is 29. The number of rotatable bonds is 17. The van der Waals surface area contributed by atoms with Crippen LogP contribution in [0.5, 0.6) is 40.2 Å². The van der Waals surface area contributed by atoms with Gasteiger partial charge in [-0.1, -0.05) is 72.6 Å². The van der Waals surface area contributed by atoms with Crippen molar-refractivity contribution in [3.8, 4) is 40.2 Å². The molecule has 29 nitrogen and oxygen atoms in total. The van der Waals surface area contributed by atoms with E-state index in [0.717, 1.165) is 213 Å². The third kappa shape index (κ3) is 21.0. The number of aliphatic hydroxyl groups excluding tert-OH is 1. The number of carbonyl (C=O) groups excluding carboxylic acids is 6. The molecule has 0 unspecified atom stereocenters. The van der Waals surface area contributed by atoms with E-state index in [9.17, 15) is 103 Å². The molecule has 128 heavy (non-hydrogen) atoms. The number of phenols is 7. The maximum atomic E-state index is 12.2. The van der Waals surface area contributed by atoms with Crippen molar-refractivity contribution in [1.29, 1.82) is 0 Å². The predicted molar refractivity (Wildman–Crippen MR) is 480 cm³/mol. The molecule has 3 aliphatic rings. The summed E-state index contributed by atoms with van der Waals surface area (Å²) in [5.74, 6) is -1.06. The Kier molecular flexibility index (Phi) is 32.0. The number of fused-ring (bicyclic) bond motifs is 13. The molecule has 0 bridgehead atoms. The first-order valence-corrected chi connectivity index (χ1v) is 42.3. The van der Waals surface area contributed by atoms with E-state index in [0.29, 0.717) is 78.0 Å². The molecule has 14 aromatic rings. The van der Waals surface area contributed by atoms with E-state index in [1.165, 1.54) is 66.7 Å². The molecule has 7 aromatic heterocycles. The SMILES string of the molecule is CCCCCc1cc(=O)oc2c(C=O)c(O)ccc12.CCCCc1cc(=O)oc2c(C=O)c(O)ccc12.CCCc1cc(=O)oc2c(C=O)c(O)ccc12.CCc1cc(=O)oc2c(C=O)c(O)ccc12.CN1CCc2c(c(=O)oc3c(CO)c(O)ccc23)C1.O=Cc1c(O)ccc2c3c(c(=O)oc12)CCCCC3.O=Cc1c(O)ccc2c3c(c(=O)oc12)CCCCCC3. The van der Waals surface area contributed by atoms with Crippen molar-refractivity contribution in [1.82, 2.24) is 4.90 Å². The van der Waals surface area contributed by atoms with Gasteiger partial charge in [-0.2, -0.15) is 0 Å². The van der Waals surface area contributed by atoms with Crippen molar-refractivity contribution in [2.75, 3.05) is 13.6 Å². The van der Waals surface area contributed by atoms with Gasteiger partial charge < -0.3 is 76.7 Å². The molecule has 8 heterocycles. The van der Waals surface area contributed by atoms with Gasteiger partial charge in [-0.25, -0.2) is 33.6 Å². The summed E-state index contributed by atoms with van der Waals surface area (Å²) in [6.07, 6.45) is 23.3. The average Bonchev–Trinajstić information content (AvgIpc) is 1.10. The molecule has 0 saturated carbocycles. The van der Waals surface area contributed by atoms with Gasteiger partial charge in [0.2, 0.25) is 0 Å². The zero-order chi connectivity index (χ0) is 92.2. The minimum atomic E-state index is -0.516. The number of aromatic hydroxyl groups is 7. The highest BCUT2D eigenvalue weighted by Gasteiger charge is 2.26. The molecule has 7 aromatic carbocycles. The molecular formula is C99H97NO28. The van der Waals surface area contributed by atoms with Crippen LogP contribution in [0.1, 0.15) is 235 Å². The van der Waals surface area contributed by atoms with E-state index < -0.39 is 22.5 Å². The first-order valence-electron chi connectivity index (χ1n) is 42.3. The number of aryl methyl sites for hydroxylation is 6. The second kappa shape index (κ2) is 43.4. The molecule has 1 aliphatic heterocycles. The lowest BCUT2D eigenvalue weighted by Gasteiger charge is -2.24. The first kappa shape index (κ1) is 94.2. The number of likely N-dealkylation sites (N-methyl/N-ethyl adjacent to an activating group) is 1. The summed E-state index contributed by atoms with van der Waals surface area (Å²) in [7, 11) is 1.96. The summed E-state index contributed by atoms with van der Waals surface area (Å²) in [5.41, 5.74) is 7.17. The first-order chi connectivity index (χ1) is 61.7. The van der Waals surface area contributed by atoms with E-state index in [-0.39, 0.29) is 136 Å². The number of phenolic OH excluding ortho intramolecular Hbond substituents is 6. The van der Waals surface area contributed by atoms with Crippen LogP contribution in [0.3, 0.4) is 0 Å². The van der Waals surface area contributed by atoms with Crippen molar-refractivity contribution in [2.45, 2.75) is 182 Å². The van der Waals surface area contributed by atoms with Gasteiger partial charge in [0, 0.05) is 86.2 Å². The van der Waals surface area contributed by atoms with E-state index in [1.807, 2.05) is 20.9 Å². The lowest BCUT2D eigenvalue weighted by Crippen LogP contribution is -2.31. The Morgan fingerprint density at radius 3 is 0.945 bits per heavy atom. The Morgan fingerprint density at radius 1 is 0.305 bits per heavy atom. The molecule has 0 fully saturated rings. The zero-order valence-electron chi connectivity index (χ0n) is 71.2. The summed E-state index contributed by atoms with van der Waals surface area (Å²) in [6.45, 7) is 9.17. The molecular weight excluding hydrogens is 1650 g/mol. The van der Waals surface area contributed by atoms with E-state index in [2.05, 4.69) is 18.7 Å². The van der Waals surface area contributed by atoms with Crippen molar-refractivity contribution in [3.05, 3.63) is 277 Å². The topological polar surface area (TPSA) is 479 Å². The van der Waals surface area contributed by atoms with Gasteiger partial charge in [-0.3, -0.25) is 28.8 Å². The number of hydrogen-bond donors (Lipinski definition) is 8. The van der Waals surface area contributed by atoms with Crippen LogP contribution in [-0.2, 0) is 70.9 Å². The molecule has 17 rings (SSSR count). The summed E-state index contributed by atoms with van der Waals surface area (Å²) in [5, 5.41) is 81.8. The van der Waals surface area contributed by atoms with Crippen LogP contribution in [0, 0.1) is 0 Å². The Hall–Kier alpha value is -14.5. The molecule has 29 heteroatoms. The van der Waals surface area contributed by atoms with Crippen LogP contribution in [-0.4, -0.2) is 97.1 Å². The molecule has 8 N–H and O–H groups in total. The molecule has 0 atom stereocenters. The van der Waals surface area contributed by atoms with Crippen molar-refractivity contribution >= 4 is 115 Å². The molecule has 0 spiro atoms. The third-order valence-electron chi connectivity index (χ3n) is 22.8. The summed E-state index contributed by atoms with van der Waals surface area (Å²) < 4.78 is 36.0. The van der Waals surface area contributed by atoms with Gasteiger partial charge in [0.15, 0.2) is 71.2 Å². The van der Waals surface area contributed by atoms with Gasteiger partial charge >= 0.3 is 39.4 Å². The predicted octanol–water partition coefficient (Wildman–Crippen LogP) is 16.4. The second-order valence-corrected chi connectivity index (χ2v) is 31.1. The smallest absolute Gasteiger partial charge is 0.341 e. The van der Waals surface area contributed by atoms with Gasteiger partial charge in [-0.05, 0) is 227 Å². The second-order valence-electron chi connectivity index (χ2n) is 31.1. The summed E-state index contributed by atoms with van der Waals surface area (Å²) in [4.78, 5) is 150. The van der Waals surface area contributed by atoms with Crippen LogP contribution < -0.4 is 39.4 Å². The van der Waals surface area contributed by atoms with Gasteiger partial charge in [0.05, 0.1) is 51.1 Å². The van der Waals surface area contributed by atoms with Crippen LogP contribution in [0.25, 0.3) is 76.8 Å². The number of aldehydes is 6. The van der Waals surface area contributed by atoms with Crippen molar-refractivity contribution in [2.24, 2.45) is 0 Å². The number of benzene rings is 7. The van der Waals surface area contributed by atoms with Crippen LogP contribution in [0.15, 0.2) is 174 Å². The largest absolute Gasteiger partial charge is 0.507 e. The normalized spacial score (nSPS) is 12.8. The Morgan fingerprint density at radius 2 is 0.594 bits per heavy atom. The minimum absolute atomic E-state index is 0.0184. The third-order valence-corrected chi connectivity index (χ3v) is 22.8. The van der Waals surface area contributed by atoms with E-state index in [1.54, 1.807) is 42.5 Å². The van der Waals surface area contributed by atoms with Crippen LogP contribution >= 0.6 is 0 Å². The maximum Gasteiger partial charge on any atom is 0.341 e. The highest BCUT2D eigenvalue weighted by molar-refractivity contribution is 6.03. The van der Waals surface area contributed by atoms with Crippen molar-refractivity contribution in [3.63, 3.8) is 0 Å². The molecule has 0 saturated heterocycles. The summed E-state index contributed by atoms with van der Waals surface area (Å²) in [6, 6.07) is 27.9. The fraction of sp³-hybridized carbons (Fsp3) is 0.303. The Bertz CT molecular complexity index is 7010.